The average molecular weight is 457 g/mol. The quantitative estimate of drug-likeness (QED) is 0.333. The number of aromatic nitrogens is 2. The second-order valence-corrected chi connectivity index (χ2v) is 8.85. The lowest BCUT2D eigenvalue weighted by atomic mass is 9.72. The Balaban J connectivity index is 1.62. The molecule has 5 nitrogen and oxygen atoms in total. The highest BCUT2D eigenvalue weighted by Gasteiger charge is 2.34. The van der Waals surface area contributed by atoms with Gasteiger partial charge in [-0.3, -0.25) is 4.79 Å². The minimum atomic E-state index is -2.76. The third kappa shape index (κ3) is 3.15. The number of hydrogen-bond donors (Lipinski definition) is 2. The molecule has 0 bridgehead atoms. The van der Waals surface area contributed by atoms with E-state index in [9.17, 15) is 13.6 Å². The zero-order chi connectivity index (χ0) is 23.4. The smallest absolute Gasteiger partial charge is 0.295 e. The summed E-state index contributed by atoms with van der Waals surface area (Å²) >= 11 is 0. The highest BCUT2D eigenvalue weighted by atomic mass is 19.3. The largest absolute Gasteiger partial charge is 0.453 e. The number of alkyl halides is 2. The Morgan fingerprint density at radius 1 is 0.971 bits per heavy atom. The van der Waals surface area contributed by atoms with E-state index in [1.807, 2.05) is 54.6 Å². The van der Waals surface area contributed by atoms with Crippen LogP contribution in [0.1, 0.15) is 37.1 Å². The third-order valence-electron chi connectivity index (χ3n) is 6.77. The summed E-state index contributed by atoms with van der Waals surface area (Å²) in [5.74, 6) is -0.0876. The summed E-state index contributed by atoms with van der Waals surface area (Å²) in [6.07, 6.45) is 0.239. The van der Waals surface area contributed by atoms with Crippen LogP contribution in [0, 0.1) is 0 Å². The Labute approximate surface area is 193 Å². The molecule has 0 aliphatic heterocycles. The summed E-state index contributed by atoms with van der Waals surface area (Å²) in [4.78, 5) is 20.4. The molecule has 1 fully saturated rings. The zero-order valence-electron chi connectivity index (χ0n) is 18.1. The van der Waals surface area contributed by atoms with E-state index in [2.05, 4.69) is 9.97 Å². The number of benzene rings is 3. The molecule has 5 aromatic rings. The molecule has 2 aromatic heterocycles. The van der Waals surface area contributed by atoms with Gasteiger partial charge in [0, 0.05) is 11.1 Å². The van der Waals surface area contributed by atoms with Crippen molar-refractivity contribution in [2.75, 3.05) is 0 Å². The average Bonchev–Trinajstić information content (AvgIpc) is 3.28. The van der Waals surface area contributed by atoms with Crippen LogP contribution in [0.15, 0.2) is 75.9 Å². The Morgan fingerprint density at radius 2 is 1.71 bits per heavy atom. The maximum Gasteiger partial charge on any atom is 0.295 e. The van der Waals surface area contributed by atoms with Crippen LogP contribution in [-0.2, 0) is 5.54 Å². The van der Waals surface area contributed by atoms with Crippen LogP contribution in [0.25, 0.3) is 44.5 Å². The summed E-state index contributed by atoms with van der Waals surface area (Å²) in [5.41, 5.74) is 9.60. The topological polar surface area (TPSA) is 84.9 Å². The minimum absolute atomic E-state index is 0.205. The van der Waals surface area contributed by atoms with Crippen LogP contribution in [0.2, 0.25) is 0 Å². The number of halogens is 2. The first-order valence-electron chi connectivity index (χ1n) is 11.2. The first-order valence-corrected chi connectivity index (χ1v) is 11.2. The van der Waals surface area contributed by atoms with Crippen LogP contribution in [0.5, 0.6) is 0 Å². The van der Waals surface area contributed by atoms with Crippen molar-refractivity contribution in [3.63, 3.8) is 0 Å². The molecule has 6 rings (SSSR count). The number of H-pyrrole nitrogens is 1. The third-order valence-corrected chi connectivity index (χ3v) is 6.77. The number of hydrogen-bond acceptors (Lipinski definition) is 4. The molecule has 170 valence electrons. The first kappa shape index (κ1) is 20.7. The van der Waals surface area contributed by atoms with Crippen molar-refractivity contribution in [1.82, 2.24) is 9.97 Å². The fourth-order valence-electron chi connectivity index (χ4n) is 4.72. The van der Waals surface area contributed by atoms with E-state index in [0.717, 1.165) is 24.8 Å². The standard InChI is InChI=1S/C27H21F2N3O2/c28-25(29)26-31-19-12-11-18-22(33)20(15-7-9-17(10-8-15)27(30)13-4-14-27)23(16-5-2-1-3-6-16)34-24(18)21(19)32-26/h1-3,5-12,25H,4,13-14,30H2,(H,31,32). The van der Waals surface area contributed by atoms with Crippen molar-refractivity contribution in [2.24, 2.45) is 5.73 Å². The molecule has 0 atom stereocenters. The van der Waals surface area contributed by atoms with Crippen molar-refractivity contribution in [2.45, 2.75) is 31.2 Å². The molecule has 0 unspecified atom stereocenters. The van der Waals surface area contributed by atoms with E-state index < -0.39 is 12.2 Å². The molecule has 1 aliphatic carbocycles. The zero-order valence-corrected chi connectivity index (χ0v) is 18.1. The number of nitrogens with zero attached hydrogens (tertiary/aromatic N) is 1. The van der Waals surface area contributed by atoms with E-state index >= 15 is 0 Å². The lowest BCUT2D eigenvalue weighted by Gasteiger charge is -2.38. The lowest BCUT2D eigenvalue weighted by Crippen LogP contribution is -2.43. The van der Waals surface area contributed by atoms with Crippen molar-refractivity contribution >= 4 is 22.0 Å². The van der Waals surface area contributed by atoms with Gasteiger partial charge in [0.1, 0.15) is 11.3 Å². The van der Waals surface area contributed by atoms with Gasteiger partial charge in [-0.05, 0) is 42.5 Å². The lowest BCUT2D eigenvalue weighted by molar-refractivity contribution is 0.142. The Bertz CT molecular complexity index is 1580. The highest BCUT2D eigenvalue weighted by Crippen LogP contribution is 2.40. The van der Waals surface area contributed by atoms with Gasteiger partial charge in [0.2, 0.25) is 5.43 Å². The van der Waals surface area contributed by atoms with E-state index in [0.29, 0.717) is 33.4 Å². The molecular weight excluding hydrogens is 436 g/mol. The van der Waals surface area contributed by atoms with E-state index in [-0.39, 0.29) is 22.1 Å². The Kier molecular flexibility index (Phi) is 4.64. The van der Waals surface area contributed by atoms with Crippen LogP contribution in [-0.4, -0.2) is 9.97 Å². The van der Waals surface area contributed by atoms with Gasteiger partial charge in [-0.2, -0.15) is 0 Å². The molecule has 7 heteroatoms. The van der Waals surface area contributed by atoms with Crippen molar-refractivity contribution in [3.05, 3.63) is 88.3 Å². The first-order chi connectivity index (χ1) is 16.4. The SMILES string of the molecule is NC1(c2ccc(-c3c(-c4ccccc4)oc4c(ccc5nc(C(F)F)[nH]c54)c3=O)cc2)CCC1. The van der Waals surface area contributed by atoms with Gasteiger partial charge in [-0.1, -0.05) is 54.6 Å². The Hall–Kier alpha value is -3.84. The molecule has 1 saturated carbocycles. The molecule has 0 spiro atoms. The highest BCUT2D eigenvalue weighted by molar-refractivity contribution is 6.02. The van der Waals surface area contributed by atoms with Gasteiger partial charge < -0.3 is 15.1 Å². The predicted octanol–water partition coefficient (Wildman–Crippen LogP) is 6.28. The number of nitrogens with one attached hydrogen (secondary N) is 1. The normalized spacial score (nSPS) is 15.2. The monoisotopic (exact) mass is 457 g/mol. The van der Waals surface area contributed by atoms with Crippen molar-refractivity contribution in [1.29, 1.82) is 0 Å². The van der Waals surface area contributed by atoms with Crippen LogP contribution in [0.3, 0.4) is 0 Å². The van der Waals surface area contributed by atoms with Crippen LogP contribution >= 0.6 is 0 Å². The van der Waals surface area contributed by atoms with Gasteiger partial charge in [0.15, 0.2) is 11.4 Å². The van der Waals surface area contributed by atoms with Gasteiger partial charge in [-0.25, -0.2) is 13.8 Å². The summed E-state index contributed by atoms with van der Waals surface area (Å²) in [7, 11) is 0. The fourth-order valence-corrected chi connectivity index (χ4v) is 4.72. The van der Waals surface area contributed by atoms with Gasteiger partial charge in [0.25, 0.3) is 6.43 Å². The Morgan fingerprint density at radius 3 is 2.35 bits per heavy atom. The predicted molar refractivity (Wildman–Crippen MR) is 128 cm³/mol. The summed E-state index contributed by atoms with van der Waals surface area (Å²) < 4.78 is 32.8. The maximum atomic E-state index is 13.8. The number of rotatable bonds is 4. The molecule has 34 heavy (non-hydrogen) atoms. The second kappa shape index (κ2) is 7.60. The number of fused-ring (bicyclic) bond motifs is 3. The number of imidazole rings is 1. The van der Waals surface area contributed by atoms with Gasteiger partial charge in [0.05, 0.1) is 16.5 Å². The molecule has 0 amide bonds. The number of nitrogens with two attached hydrogens (primary N) is 1. The molecule has 2 heterocycles. The molecular formula is C27H21F2N3O2. The molecule has 3 N–H and O–H groups in total. The minimum Gasteiger partial charge on any atom is -0.453 e. The maximum absolute atomic E-state index is 13.8. The molecule has 0 radical (unpaired) electrons. The summed E-state index contributed by atoms with van der Waals surface area (Å²) in [6.45, 7) is 0. The van der Waals surface area contributed by atoms with Gasteiger partial charge >= 0.3 is 0 Å². The van der Waals surface area contributed by atoms with E-state index in [1.54, 1.807) is 12.1 Å². The molecule has 0 saturated heterocycles. The van der Waals surface area contributed by atoms with Crippen molar-refractivity contribution < 1.29 is 13.2 Å². The van der Waals surface area contributed by atoms with E-state index in [1.165, 1.54) is 0 Å². The van der Waals surface area contributed by atoms with E-state index in [4.69, 9.17) is 10.2 Å². The van der Waals surface area contributed by atoms with Gasteiger partial charge in [-0.15, -0.1) is 0 Å². The van der Waals surface area contributed by atoms with Crippen LogP contribution < -0.4 is 11.2 Å². The molecule has 3 aromatic carbocycles. The molecule has 1 aliphatic rings. The van der Waals surface area contributed by atoms with Crippen molar-refractivity contribution in [3.8, 4) is 22.5 Å². The second-order valence-electron chi connectivity index (χ2n) is 8.85. The fraction of sp³-hybridized carbons (Fsp3) is 0.185. The summed E-state index contributed by atoms with van der Waals surface area (Å²) in [6, 6.07) is 20.2. The summed E-state index contributed by atoms with van der Waals surface area (Å²) in [5, 5.41) is 0.296. The van der Waals surface area contributed by atoms with Crippen LogP contribution in [0.4, 0.5) is 8.78 Å². The number of aromatic amines is 1.